The van der Waals surface area contributed by atoms with Crippen LogP contribution in [0.4, 0.5) is 26.3 Å². The molecule has 0 saturated carbocycles. The molecule has 0 spiro atoms. The molecule has 0 heterocycles. The lowest BCUT2D eigenvalue weighted by molar-refractivity contribution is -0.330. The van der Waals surface area contributed by atoms with Crippen LogP contribution >= 0.6 is 0 Å². The smallest absolute Gasteiger partial charge is 0.356 e. The monoisotopic (exact) mass is 239 g/mol. The summed E-state index contributed by atoms with van der Waals surface area (Å²) in [7, 11) is 0. The molecule has 15 heavy (non-hydrogen) atoms. The number of rotatable bonds is 3. The topological polar surface area (TPSA) is 35.2 Å². The van der Waals surface area contributed by atoms with Gasteiger partial charge in [0, 0.05) is 6.04 Å². The van der Waals surface area contributed by atoms with Crippen molar-refractivity contribution in [2.24, 2.45) is 5.73 Å². The van der Waals surface area contributed by atoms with E-state index >= 15 is 0 Å². The fourth-order valence-corrected chi connectivity index (χ4v) is 0.678. The zero-order valence-electron chi connectivity index (χ0n) is 7.99. The van der Waals surface area contributed by atoms with Crippen LogP contribution in [0.5, 0.6) is 0 Å². The minimum atomic E-state index is -5.48. The second-order valence-electron chi connectivity index (χ2n) is 3.16. The number of alkyl halides is 6. The molecule has 0 aromatic rings. The van der Waals surface area contributed by atoms with Gasteiger partial charge in [0.15, 0.2) is 0 Å². The molecule has 0 radical (unpaired) electrons. The van der Waals surface area contributed by atoms with Crippen molar-refractivity contribution in [3.05, 3.63) is 0 Å². The summed E-state index contributed by atoms with van der Waals surface area (Å²) in [4.78, 5) is 0. The van der Waals surface area contributed by atoms with Gasteiger partial charge in [0.2, 0.25) is 6.10 Å². The molecule has 8 heteroatoms. The summed E-state index contributed by atoms with van der Waals surface area (Å²) in [6, 6.07) is -0.919. The van der Waals surface area contributed by atoms with Gasteiger partial charge < -0.3 is 10.5 Å². The average molecular weight is 239 g/mol. The summed E-state index contributed by atoms with van der Waals surface area (Å²) in [5.41, 5.74) is 5.11. The maximum absolute atomic E-state index is 12.0. The van der Waals surface area contributed by atoms with E-state index in [1.807, 2.05) is 0 Å². The third-order valence-electron chi connectivity index (χ3n) is 1.69. The van der Waals surface area contributed by atoms with E-state index in [1.165, 1.54) is 6.92 Å². The number of halogens is 6. The second kappa shape index (κ2) is 4.56. The van der Waals surface area contributed by atoms with Crippen molar-refractivity contribution in [3.63, 3.8) is 0 Å². The van der Waals surface area contributed by atoms with Crippen LogP contribution in [0.25, 0.3) is 0 Å². The molecule has 0 aromatic heterocycles. The van der Waals surface area contributed by atoms with Crippen LogP contribution in [0, 0.1) is 0 Å². The van der Waals surface area contributed by atoms with Crippen LogP contribution < -0.4 is 5.73 Å². The van der Waals surface area contributed by atoms with E-state index in [0.717, 1.165) is 6.92 Å². The Hall–Kier alpha value is -0.500. The lowest BCUT2D eigenvalue weighted by Crippen LogP contribution is -2.48. The van der Waals surface area contributed by atoms with Gasteiger partial charge in [0.1, 0.15) is 0 Å². The highest BCUT2D eigenvalue weighted by Gasteiger charge is 2.58. The van der Waals surface area contributed by atoms with Crippen LogP contribution in [0.3, 0.4) is 0 Å². The maximum Gasteiger partial charge on any atom is 0.423 e. The normalized spacial score (nSPS) is 18.0. The molecule has 0 aliphatic heterocycles. The van der Waals surface area contributed by atoms with Gasteiger partial charge >= 0.3 is 12.4 Å². The quantitative estimate of drug-likeness (QED) is 0.766. The van der Waals surface area contributed by atoms with Crippen molar-refractivity contribution in [2.75, 3.05) is 0 Å². The van der Waals surface area contributed by atoms with E-state index in [0.29, 0.717) is 0 Å². The van der Waals surface area contributed by atoms with Crippen LogP contribution in [0.1, 0.15) is 13.8 Å². The minimum absolute atomic E-state index is 0.919. The molecule has 2 N–H and O–H groups in total. The van der Waals surface area contributed by atoms with Crippen molar-refractivity contribution >= 4 is 0 Å². The Morgan fingerprint density at radius 1 is 0.933 bits per heavy atom. The lowest BCUT2D eigenvalue weighted by Gasteiger charge is -2.27. The molecule has 2 nitrogen and oxygen atoms in total. The molecule has 0 aromatic carbocycles. The number of hydrogen-bond acceptors (Lipinski definition) is 2. The zero-order valence-corrected chi connectivity index (χ0v) is 7.99. The van der Waals surface area contributed by atoms with Crippen LogP contribution in [-0.2, 0) is 4.74 Å². The van der Waals surface area contributed by atoms with E-state index < -0.39 is 30.6 Å². The van der Waals surface area contributed by atoms with Crippen molar-refractivity contribution in [2.45, 2.75) is 44.4 Å². The molecule has 0 rings (SSSR count). The van der Waals surface area contributed by atoms with Gasteiger partial charge in [0.25, 0.3) is 0 Å². The molecule has 0 fully saturated rings. The summed E-state index contributed by atoms with van der Waals surface area (Å²) in [5, 5.41) is 0. The Kier molecular flexibility index (Phi) is 4.41. The van der Waals surface area contributed by atoms with Gasteiger partial charge in [-0.1, -0.05) is 0 Å². The molecule has 0 saturated heterocycles. The van der Waals surface area contributed by atoms with E-state index in [4.69, 9.17) is 5.73 Å². The van der Waals surface area contributed by atoms with Gasteiger partial charge in [-0.3, -0.25) is 0 Å². The molecule has 0 aliphatic rings. The van der Waals surface area contributed by atoms with Crippen LogP contribution in [0.2, 0.25) is 0 Å². The first-order chi connectivity index (χ1) is 6.46. The Morgan fingerprint density at radius 2 is 1.27 bits per heavy atom. The minimum Gasteiger partial charge on any atom is -0.356 e. The molecular weight excluding hydrogens is 228 g/mol. The summed E-state index contributed by atoms with van der Waals surface area (Å²) in [5.74, 6) is 0. The predicted octanol–water partition coefficient (Wildman–Crippen LogP) is 2.23. The SMILES string of the molecule is CC(OC(C(F)(F)F)C(F)(F)F)[C@@H](C)N. The van der Waals surface area contributed by atoms with Gasteiger partial charge in [-0.15, -0.1) is 0 Å². The Balaban J connectivity index is 4.69. The van der Waals surface area contributed by atoms with Gasteiger partial charge in [0.05, 0.1) is 6.10 Å². The van der Waals surface area contributed by atoms with Crippen molar-refractivity contribution in [3.8, 4) is 0 Å². The fourth-order valence-electron chi connectivity index (χ4n) is 0.678. The summed E-state index contributed by atoms with van der Waals surface area (Å²) in [6.45, 7) is 2.31. The second-order valence-corrected chi connectivity index (χ2v) is 3.16. The third-order valence-corrected chi connectivity index (χ3v) is 1.69. The van der Waals surface area contributed by atoms with Crippen molar-refractivity contribution in [1.29, 1.82) is 0 Å². The number of nitrogens with two attached hydrogens (primary N) is 1. The zero-order chi connectivity index (χ0) is 12.4. The largest absolute Gasteiger partial charge is 0.423 e. The summed E-state index contributed by atoms with van der Waals surface area (Å²) in [6.07, 6.45) is -16.1. The van der Waals surface area contributed by atoms with Gasteiger partial charge in [-0.2, -0.15) is 26.3 Å². The standard InChI is InChI=1S/C7H11F6NO/c1-3(14)4(2)15-5(6(8,9)10)7(11,12)13/h3-5H,14H2,1-2H3/t3-,4?/m1/s1. The highest BCUT2D eigenvalue weighted by Crippen LogP contribution is 2.36. The molecule has 1 unspecified atom stereocenters. The first-order valence-electron chi connectivity index (χ1n) is 4.00. The number of ether oxygens (including phenoxy) is 1. The fraction of sp³-hybridized carbons (Fsp3) is 1.00. The molecule has 0 bridgehead atoms. The van der Waals surface area contributed by atoms with Crippen molar-refractivity contribution in [1.82, 2.24) is 0 Å². The Morgan fingerprint density at radius 3 is 1.47 bits per heavy atom. The van der Waals surface area contributed by atoms with E-state index in [9.17, 15) is 26.3 Å². The molecule has 0 amide bonds. The highest BCUT2D eigenvalue weighted by atomic mass is 19.4. The van der Waals surface area contributed by atoms with Crippen LogP contribution in [-0.4, -0.2) is 30.6 Å². The van der Waals surface area contributed by atoms with Crippen LogP contribution in [0.15, 0.2) is 0 Å². The predicted molar refractivity (Wildman–Crippen MR) is 40.1 cm³/mol. The van der Waals surface area contributed by atoms with E-state index in [2.05, 4.69) is 4.74 Å². The van der Waals surface area contributed by atoms with E-state index in [1.54, 1.807) is 0 Å². The first-order valence-corrected chi connectivity index (χ1v) is 4.00. The molecule has 92 valence electrons. The Labute approximate surface area is 82.4 Å². The molecular formula is C7H11F6NO. The summed E-state index contributed by atoms with van der Waals surface area (Å²) >= 11 is 0. The van der Waals surface area contributed by atoms with E-state index in [-0.39, 0.29) is 0 Å². The molecule has 0 aliphatic carbocycles. The Bertz CT molecular complexity index is 185. The van der Waals surface area contributed by atoms with Gasteiger partial charge in [-0.05, 0) is 13.8 Å². The lowest BCUT2D eigenvalue weighted by atomic mass is 10.2. The van der Waals surface area contributed by atoms with Gasteiger partial charge in [-0.25, -0.2) is 0 Å². The highest BCUT2D eigenvalue weighted by molar-refractivity contribution is 4.78. The maximum atomic E-state index is 12.0. The first kappa shape index (κ1) is 14.5. The average Bonchev–Trinajstić information content (AvgIpc) is 1.94. The number of hydrogen-bond donors (Lipinski definition) is 1. The summed E-state index contributed by atoms with van der Waals surface area (Å²) < 4.78 is 75.6. The third kappa shape index (κ3) is 4.70. The van der Waals surface area contributed by atoms with Crippen molar-refractivity contribution < 1.29 is 31.1 Å². The molecule has 2 atom stereocenters.